The molecule has 0 amide bonds. The molecule has 2 rings (SSSR count). The maximum Gasteiger partial charge on any atom is 0.310 e. The number of carbonyl (C=O) groups excluding carboxylic acids is 1. The molecule has 0 aliphatic carbocycles. The molecule has 0 saturated carbocycles. The third-order valence-corrected chi connectivity index (χ3v) is 3.70. The molecule has 6 heteroatoms. The molecule has 0 aromatic heterocycles. The van der Waals surface area contributed by atoms with E-state index in [0.29, 0.717) is 28.0 Å². The second kappa shape index (κ2) is 7.38. The molecule has 116 valence electrons. The van der Waals surface area contributed by atoms with E-state index in [4.69, 9.17) is 33.7 Å². The minimum atomic E-state index is -0.239. The normalized spacial score (nSPS) is 10.3. The lowest BCUT2D eigenvalue weighted by Gasteiger charge is -2.11. The van der Waals surface area contributed by atoms with E-state index >= 15 is 0 Å². The third kappa shape index (κ3) is 4.29. The standard InChI is InChI=1S/C16H16Cl2N2O2/c1-2-22-16(21)7-10-3-5-11(6-4-10)20-15-9-13(18)12(17)8-14(15)19/h3-6,8-9,20H,2,7,19H2,1H3. The van der Waals surface area contributed by atoms with Gasteiger partial charge in [-0.1, -0.05) is 35.3 Å². The predicted octanol–water partition coefficient (Wildman–Crippen LogP) is 4.42. The summed E-state index contributed by atoms with van der Waals surface area (Å²) >= 11 is 11.9. The predicted molar refractivity (Wildman–Crippen MR) is 90.9 cm³/mol. The molecule has 0 saturated heterocycles. The fourth-order valence-corrected chi connectivity index (χ4v) is 2.25. The van der Waals surface area contributed by atoms with Crippen molar-refractivity contribution in [2.45, 2.75) is 13.3 Å². The number of halogens is 2. The van der Waals surface area contributed by atoms with Crippen LogP contribution in [0.4, 0.5) is 17.1 Å². The van der Waals surface area contributed by atoms with E-state index in [-0.39, 0.29) is 12.4 Å². The molecule has 0 bridgehead atoms. The zero-order valence-corrected chi connectivity index (χ0v) is 13.5. The highest BCUT2D eigenvalue weighted by atomic mass is 35.5. The van der Waals surface area contributed by atoms with E-state index in [1.54, 1.807) is 19.1 Å². The summed E-state index contributed by atoms with van der Waals surface area (Å²) in [6.45, 7) is 2.17. The summed E-state index contributed by atoms with van der Waals surface area (Å²) in [6.07, 6.45) is 0.253. The first kappa shape index (κ1) is 16.5. The molecule has 0 radical (unpaired) electrons. The minimum absolute atomic E-state index is 0.239. The summed E-state index contributed by atoms with van der Waals surface area (Å²) in [7, 11) is 0. The summed E-state index contributed by atoms with van der Waals surface area (Å²) in [4.78, 5) is 11.4. The molecule has 0 spiro atoms. The number of esters is 1. The molecule has 0 fully saturated rings. The average molecular weight is 339 g/mol. The summed E-state index contributed by atoms with van der Waals surface area (Å²) < 4.78 is 4.91. The molecule has 0 unspecified atom stereocenters. The molecule has 2 aromatic carbocycles. The number of benzene rings is 2. The summed E-state index contributed by atoms with van der Waals surface area (Å²) in [5.41, 5.74) is 8.79. The van der Waals surface area contributed by atoms with Gasteiger partial charge < -0.3 is 15.8 Å². The van der Waals surface area contributed by atoms with Gasteiger partial charge in [0, 0.05) is 5.69 Å². The van der Waals surface area contributed by atoms with Crippen molar-refractivity contribution in [2.75, 3.05) is 17.7 Å². The second-order valence-electron chi connectivity index (χ2n) is 4.66. The van der Waals surface area contributed by atoms with Crippen molar-refractivity contribution in [2.24, 2.45) is 0 Å². The van der Waals surface area contributed by atoms with E-state index < -0.39 is 0 Å². The molecule has 0 atom stereocenters. The third-order valence-electron chi connectivity index (χ3n) is 2.98. The Morgan fingerprint density at radius 3 is 2.45 bits per heavy atom. The quantitative estimate of drug-likeness (QED) is 0.625. The van der Waals surface area contributed by atoms with Crippen LogP contribution in [0, 0.1) is 0 Å². The van der Waals surface area contributed by atoms with Gasteiger partial charge in [0.05, 0.1) is 34.4 Å². The number of hydrogen-bond acceptors (Lipinski definition) is 4. The first-order valence-electron chi connectivity index (χ1n) is 6.75. The number of rotatable bonds is 5. The van der Waals surface area contributed by atoms with Crippen molar-refractivity contribution in [3.05, 3.63) is 52.0 Å². The smallest absolute Gasteiger partial charge is 0.310 e. The van der Waals surface area contributed by atoms with Gasteiger partial charge in [0.25, 0.3) is 0 Å². The van der Waals surface area contributed by atoms with Gasteiger partial charge >= 0.3 is 5.97 Å². The van der Waals surface area contributed by atoms with Crippen LogP contribution in [0.25, 0.3) is 0 Å². The molecule has 0 aliphatic rings. The minimum Gasteiger partial charge on any atom is -0.466 e. The van der Waals surface area contributed by atoms with E-state index in [1.165, 1.54) is 0 Å². The lowest BCUT2D eigenvalue weighted by atomic mass is 10.1. The Kier molecular flexibility index (Phi) is 5.52. The number of ether oxygens (including phenoxy) is 1. The van der Waals surface area contributed by atoms with Crippen molar-refractivity contribution in [3.8, 4) is 0 Å². The summed E-state index contributed by atoms with van der Waals surface area (Å²) in [6, 6.07) is 10.7. The van der Waals surface area contributed by atoms with Crippen LogP contribution in [0.2, 0.25) is 10.0 Å². The van der Waals surface area contributed by atoms with Crippen LogP contribution in [0.3, 0.4) is 0 Å². The number of nitrogen functional groups attached to an aromatic ring is 1. The van der Waals surface area contributed by atoms with Gasteiger partial charge in [0.2, 0.25) is 0 Å². The lowest BCUT2D eigenvalue weighted by Crippen LogP contribution is -2.07. The van der Waals surface area contributed by atoms with Gasteiger partial charge in [-0.3, -0.25) is 4.79 Å². The Bertz CT molecular complexity index is 673. The summed E-state index contributed by atoms with van der Waals surface area (Å²) in [5.74, 6) is -0.239. The molecule has 22 heavy (non-hydrogen) atoms. The van der Waals surface area contributed by atoms with Crippen LogP contribution in [0.5, 0.6) is 0 Å². The van der Waals surface area contributed by atoms with Gasteiger partial charge in [-0.25, -0.2) is 0 Å². The Balaban J connectivity index is 2.08. The highest BCUT2D eigenvalue weighted by Gasteiger charge is 2.07. The van der Waals surface area contributed by atoms with Gasteiger partial charge in [-0.2, -0.15) is 0 Å². The highest BCUT2D eigenvalue weighted by Crippen LogP contribution is 2.32. The molecule has 4 nitrogen and oxygen atoms in total. The van der Waals surface area contributed by atoms with Crippen LogP contribution >= 0.6 is 23.2 Å². The van der Waals surface area contributed by atoms with Crippen LogP contribution < -0.4 is 11.1 Å². The fraction of sp³-hybridized carbons (Fsp3) is 0.188. The number of carbonyl (C=O) groups is 1. The van der Waals surface area contributed by atoms with E-state index in [2.05, 4.69) is 5.32 Å². The van der Waals surface area contributed by atoms with Crippen LogP contribution in [-0.2, 0) is 16.0 Å². The van der Waals surface area contributed by atoms with Crippen LogP contribution in [-0.4, -0.2) is 12.6 Å². The molecule has 0 aliphatic heterocycles. The number of nitrogens with one attached hydrogen (secondary N) is 1. The average Bonchev–Trinajstić information content (AvgIpc) is 2.47. The molecule has 3 N–H and O–H groups in total. The first-order valence-corrected chi connectivity index (χ1v) is 7.51. The maximum absolute atomic E-state index is 11.4. The topological polar surface area (TPSA) is 64.3 Å². The van der Waals surface area contributed by atoms with Crippen molar-refractivity contribution in [1.82, 2.24) is 0 Å². The van der Waals surface area contributed by atoms with E-state index in [1.807, 2.05) is 24.3 Å². The Morgan fingerprint density at radius 2 is 1.82 bits per heavy atom. The summed E-state index contributed by atoms with van der Waals surface area (Å²) in [5, 5.41) is 4.00. The molecule has 2 aromatic rings. The van der Waals surface area contributed by atoms with Crippen molar-refractivity contribution >= 4 is 46.2 Å². The largest absolute Gasteiger partial charge is 0.466 e. The van der Waals surface area contributed by atoms with Crippen LogP contribution in [0.15, 0.2) is 36.4 Å². The zero-order chi connectivity index (χ0) is 16.1. The van der Waals surface area contributed by atoms with Crippen molar-refractivity contribution in [1.29, 1.82) is 0 Å². The van der Waals surface area contributed by atoms with Crippen LogP contribution in [0.1, 0.15) is 12.5 Å². The number of hydrogen-bond donors (Lipinski definition) is 2. The van der Waals surface area contributed by atoms with Gasteiger partial charge in [0.1, 0.15) is 0 Å². The number of anilines is 3. The fourth-order valence-electron chi connectivity index (χ4n) is 1.91. The highest BCUT2D eigenvalue weighted by molar-refractivity contribution is 6.42. The number of nitrogens with two attached hydrogens (primary N) is 1. The lowest BCUT2D eigenvalue weighted by molar-refractivity contribution is -0.142. The van der Waals surface area contributed by atoms with E-state index in [0.717, 1.165) is 11.3 Å². The van der Waals surface area contributed by atoms with Gasteiger partial charge in [-0.05, 0) is 36.8 Å². The maximum atomic E-state index is 11.4. The van der Waals surface area contributed by atoms with Gasteiger partial charge in [-0.15, -0.1) is 0 Å². The van der Waals surface area contributed by atoms with Gasteiger partial charge in [0.15, 0.2) is 0 Å². The zero-order valence-electron chi connectivity index (χ0n) is 12.0. The Hall–Kier alpha value is -1.91. The Labute approximate surface area is 139 Å². The molecular weight excluding hydrogens is 323 g/mol. The second-order valence-corrected chi connectivity index (χ2v) is 5.47. The Morgan fingerprint density at radius 1 is 1.18 bits per heavy atom. The van der Waals surface area contributed by atoms with Crippen molar-refractivity contribution in [3.63, 3.8) is 0 Å². The SMILES string of the molecule is CCOC(=O)Cc1ccc(Nc2cc(Cl)c(Cl)cc2N)cc1. The first-order chi connectivity index (χ1) is 10.5. The van der Waals surface area contributed by atoms with E-state index in [9.17, 15) is 4.79 Å². The monoisotopic (exact) mass is 338 g/mol. The van der Waals surface area contributed by atoms with Crippen molar-refractivity contribution < 1.29 is 9.53 Å². The molecule has 0 heterocycles. The molecular formula is C16H16Cl2N2O2.